The van der Waals surface area contributed by atoms with Crippen LogP contribution >= 0.6 is 0 Å². The van der Waals surface area contributed by atoms with Crippen molar-refractivity contribution in [3.63, 3.8) is 0 Å². The van der Waals surface area contributed by atoms with Gasteiger partial charge in [-0.1, -0.05) is 24.3 Å². The largest absolute Gasteiger partial charge is 0.381 e. The topological polar surface area (TPSA) is 50.7 Å². The smallest absolute Gasteiger partial charge is 0.242 e. The van der Waals surface area contributed by atoms with Crippen LogP contribution in [0, 0.1) is 6.92 Å². The average molecular weight is 234 g/mol. The Morgan fingerprint density at radius 1 is 1.47 bits per heavy atom. The molecule has 4 heteroatoms. The maximum absolute atomic E-state index is 11.3. The van der Waals surface area contributed by atoms with Crippen LogP contribution in [0.15, 0.2) is 29.4 Å². The molecule has 0 unspecified atom stereocenters. The third kappa shape index (κ3) is 5.26. The molecule has 1 aromatic rings. The summed E-state index contributed by atoms with van der Waals surface area (Å²) in [5.41, 5.74) is 4.59. The number of carbonyl (C=O) groups excluding carboxylic acids is 1. The summed E-state index contributed by atoms with van der Waals surface area (Å²) in [7, 11) is 0. The summed E-state index contributed by atoms with van der Waals surface area (Å²) in [6.07, 6.45) is 1.98. The van der Waals surface area contributed by atoms with E-state index in [-0.39, 0.29) is 5.91 Å². The van der Waals surface area contributed by atoms with Gasteiger partial charge in [-0.05, 0) is 25.0 Å². The molecule has 0 aliphatic rings. The van der Waals surface area contributed by atoms with Crippen molar-refractivity contribution in [1.29, 1.82) is 0 Å². The van der Waals surface area contributed by atoms with Crippen molar-refractivity contribution < 1.29 is 9.53 Å². The fourth-order valence-corrected chi connectivity index (χ4v) is 1.27. The monoisotopic (exact) mass is 234 g/mol. The molecular weight excluding hydrogens is 216 g/mol. The van der Waals surface area contributed by atoms with Gasteiger partial charge in [0.1, 0.15) is 0 Å². The summed E-state index contributed by atoms with van der Waals surface area (Å²) in [5.74, 6) is -0.136. The number of hydrazone groups is 1. The molecule has 92 valence electrons. The van der Waals surface area contributed by atoms with Gasteiger partial charge in [-0.15, -0.1) is 0 Å². The highest BCUT2D eigenvalue weighted by Gasteiger charge is 1.98. The molecular formula is C13H18N2O2. The van der Waals surface area contributed by atoms with Crippen molar-refractivity contribution in [2.24, 2.45) is 5.10 Å². The summed E-state index contributed by atoms with van der Waals surface area (Å²) in [5, 5.41) is 3.90. The summed E-state index contributed by atoms with van der Waals surface area (Å²) in [6, 6.07) is 7.85. The minimum atomic E-state index is -0.136. The molecule has 17 heavy (non-hydrogen) atoms. The molecule has 1 aromatic carbocycles. The maximum atomic E-state index is 11.3. The fraction of sp³-hybridized carbons (Fsp3) is 0.385. The highest BCUT2D eigenvalue weighted by atomic mass is 16.5. The van der Waals surface area contributed by atoms with Crippen LogP contribution in [-0.2, 0) is 9.53 Å². The lowest BCUT2D eigenvalue weighted by atomic mass is 10.1. The van der Waals surface area contributed by atoms with E-state index in [2.05, 4.69) is 10.5 Å². The van der Waals surface area contributed by atoms with Gasteiger partial charge in [-0.2, -0.15) is 5.10 Å². The zero-order valence-electron chi connectivity index (χ0n) is 10.3. The first kappa shape index (κ1) is 13.4. The van der Waals surface area contributed by atoms with Crippen molar-refractivity contribution in [2.75, 3.05) is 13.2 Å². The second-order valence-corrected chi connectivity index (χ2v) is 3.60. The summed E-state index contributed by atoms with van der Waals surface area (Å²) >= 11 is 0. The SMILES string of the molecule is CCOCCC(=O)N/N=C/c1ccccc1C. The van der Waals surface area contributed by atoms with E-state index in [1.54, 1.807) is 6.21 Å². The average Bonchev–Trinajstić information content (AvgIpc) is 2.32. The molecule has 1 rings (SSSR count). The van der Waals surface area contributed by atoms with E-state index >= 15 is 0 Å². The number of ether oxygens (including phenoxy) is 1. The molecule has 0 saturated heterocycles. The Labute approximate surface area is 102 Å². The molecule has 0 spiro atoms. The summed E-state index contributed by atoms with van der Waals surface area (Å²) in [4.78, 5) is 11.3. The number of hydrogen-bond donors (Lipinski definition) is 1. The number of amides is 1. The van der Waals surface area contributed by atoms with E-state index in [4.69, 9.17) is 4.74 Å². The van der Waals surface area contributed by atoms with Crippen LogP contribution in [0.25, 0.3) is 0 Å². The Bertz CT molecular complexity index is 389. The number of carbonyl (C=O) groups is 1. The van der Waals surface area contributed by atoms with Crippen LogP contribution in [0.2, 0.25) is 0 Å². The van der Waals surface area contributed by atoms with Crippen LogP contribution in [0.5, 0.6) is 0 Å². The van der Waals surface area contributed by atoms with Crippen LogP contribution < -0.4 is 5.43 Å². The molecule has 0 aliphatic heterocycles. The van der Waals surface area contributed by atoms with Gasteiger partial charge in [0.15, 0.2) is 0 Å². The third-order valence-electron chi connectivity index (χ3n) is 2.26. The normalized spacial score (nSPS) is 10.7. The Morgan fingerprint density at radius 3 is 2.94 bits per heavy atom. The van der Waals surface area contributed by atoms with Gasteiger partial charge >= 0.3 is 0 Å². The number of hydrogen-bond acceptors (Lipinski definition) is 3. The highest BCUT2D eigenvalue weighted by molar-refractivity contribution is 5.83. The summed E-state index contributed by atoms with van der Waals surface area (Å²) in [6.45, 7) is 4.95. The molecule has 4 nitrogen and oxygen atoms in total. The molecule has 0 aliphatic carbocycles. The molecule has 0 saturated carbocycles. The zero-order valence-corrected chi connectivity index (χ0v) is 10.3. The quantitative estimate of drug-likeness (QED) is 0.464. The van der Waals surface area contributed by atoms with Crippen molar-refractivity contribution in [2.45, 2.75) is 20.3 Å². The first-order chi connectivity index (χ1) is 8.24. The van der Waals surface area contributed by atoms with E-state index in [1.807, 2.05) is 38.1 Å². The van der Waals surface area contributed by atoms with Crippen LogP contribution in [0.4, 0.5) is 0 Å². The Kier molecular flexibility index (Phi) is 5.96. The second-order valence-electron chi connectivity index (χ2n) is 3.60. The molecule has 1 N–H and O–H groups in total. The first-order valence-electron chi connectivity index (χ1n) is 5.69. The van der Waals surface area contributed by atoms with E-state index in [0.29, 0.717) is 19.6 Å². The molecule has 1 amide bonds. The van der Waals surface area contributed by atoms with Crippen molar-refractivity contribution in [3.05, 3.63) is 35.4 Å². The van der Waals surface area contributed by atoms with Gasteiger partial charge in [-0.3, -0.25) is 4.79 Å². The standard InChI is InChI=1S/C13H18N2O2/c1-3-17-9-8-13(16)15-14-10-12-7-5-4-6-11(12)2/h4-7,10H,3,8-9H2,1-2H3,(H,15,16)/b14-10+. The van der Waals surface area contributed by atoms with Crippen LogP contribution in [0.1, 0.15) is 24.5 Å². The molecule has 0 fully saturated rings. The van der Waals surface area contributed by atoms with Gasteiger partial charge in [0, 0.05) is 6.61 Å². The van der Waals surface area contributed by atoms with Gasteiger partial charge < -0.3 is 4.74 Å². The zero-order chi connectivity index (χ0) is 12.5. The van der Waals surface area contributed by atoms with Crippen molar-refractivity contribution in [1.82, 2.24) is 5.43 Å². The lowest BCUT2D eigenvalue weighted by Crippen LogP contribution is -2.19. The number of nitrogens with one attached hydrogen (secondary N) is 1. The fourth-order valence-electron chi connectivity index (χ4n) is 1.27. The van der Waals surface area contributed by atoms with E-state index in [0.717, 1.165) is 11.1 Å². The molecule has 0 aromatic heterocycles. The number of rotatable bonds is 6. The Morgan fingerprint density at radius 2 is 2.24 bits per heavy atom. The lowest BCUT2D eigenvalue weighted by molar-refractivity contribution is -0.122. The minimum Gasteiger partial charge on any atom is -0.381 e. The molecule has 0 radical (unpaired) electrons. The van der Waals surface area contributed by atoms with E-state index in [1.165, 1.54) is 0 Å². The van der Waals surface area contributed by atoms with Gasteiger partial charge in [-0.25, -0.2) is 5.43 Å². The van der Waals surface area contributed by atoms with Gasteiger partial charge in [0.25, 0.3) is 0 Å². The number of benzene rings is 1. The Hall–Kier alpha value is -1.68. The predicted octanol–water partition coefficient (Wildman–Crippen LogP) is 1.87. The maximum Gasteiger partial charge on any atom is 0.242 e. The van der Waals surface area contributed by atoms with Crippen LogP contribution in [0.3, 0.4) is 0 Å². The third-order valence-corrected chi connectivity index (χ3v) is 2.26. The van der Waals surface area contributed by atoms with E-state index in [9.17, 15) is 4.79 Å². The number of nitrogens with zero attached hydrogens (tertiary/aromatic N) is 1. The molecule has 0 bridgehead atoms. The van der Waals surface area contributed by atoms with Crippen molar-refractivity contribution >= 4 is 12.1 Å². The van der Waals surface area contributed by atoms with E-state index < -0.39 is 0 Å². The summed E-state index contributed by atoms with van der Waals surface area (Å²) < 4.78 is 5.08. The Balaban J connectivity index is 2.35. The molecule has 0 atom stereocenters. The highest BCUT2D eigenvalue weighted by Crippen LogP contribution is 2.02. The number of aryl methyl sites for hydroxylation is 1. The van der Waals surface area contributed by atoms with Gasteiger partial charge in [0.05, 0.1) is 19.2 Å². The minimum absolute atomic E-state index is 0.136. The molecule has 0 heterocycles. The van der Waals surface area contributed by atoms with Crippen LogP contribution in [-0.4, -0.2) is 25.3 Å². The van der Waals surface area contributed by atoms with Crippen molar-refractivity contribution in [3.8, 4) is 0 Å². The second kappa shape index (κ2) is 7.57. The van der Waals surface area contributed by atoms with Gasteiger partial charge in [0.2, 0.25) is 5.91 Å². The predicted molar refractivity (Wildman–Crippen MR) is 68.0 cm³/mol. The lowest BCUT2D eigenvalue weighted by Gasteiger charge is -2.01. The first-order valence-corrected chi connectivity index (χ1v) is 5.69.